The molecule has 3 N–H and O–H groups in total. The molecule has 1 atom stereocenters. The van der Waals surface area contributed by atoms with Gasteiger partial charge in [0.1, 0.15) is 0 Å². The molecule has 0 saturated carbocycles. The zero-order valence-electron chi connectivity index (χ0n) is 11.7. The van der Waals surface area contributed by atoms with E-state index >= 15 is 0 Å². The van der Waals surface area contributed by atoms with Crippen LogP contribution in [0.5, 0.6) is 0 Å². The number of aliphatic hydroxyl groups excluding tert-OH is 1. The van der Waals surface area contributed by atoms with Gasteiger partial charge in [0.2, 0.25) is 0 Å². The number of alkyl halides is 6. The van der Waals surface area contributed by atoms with E-state index in [9.17, 15) is 26.3 Å². The molecule has 1 aromatic carbocycles. The smallest absolute Gasteiger partial charge is 0.396 e. The Morgan fingerprint density at radius 3 is 1.59 bits per heavy atom. The summed E-state index contributed by atoms with van der Waals surface area (Å²) in [6.07, 6.45) is -9.84. The van der Waals surface area contributed by atoms with Gasteiger partial charge >= 0.3 is 12.4 Å². The molecule has 0 spiro atoms. The Kier molecular flexibility index (Phi) is 6.34. The second-order valence-electron chi connectivity index (χ2n) is 5.46. The van der Waals surface area contributed by atoms with E-state index in [0.717, 1.165) is 0 Å². The topological polar surface area (TPSA) is 46.2 Å². The summed E-state index contributed by atoms with van der Waals surface area (Å²) in [7, 11) is 0. The predicted molar refractivity (Wildman–Crippen MR) is 71.5 cm³/mol. The van der Waals surface area contributed by atoms with Crippen LogP contribution in [0.4, 0.5) is 26.3 Å². The Hall–Kier alpha value is -0.990. The van der Waals surface area contributed by atoms with Gasteiger partial charge in [-0.2, -0.15) is 26.3 Å². The lowest BCUT2D eigenvalue weighted by Crippen LogP contribution is -2.33. The highest BCUT2D eigenvalue weighted by Crippen LogP contribution is 2.39. The number of hydrogen-bond acceptors (Lipinski definition) is 2. The van der Waals surface area contributed by atoms with Gasteiger partial charge < -0.3 is 10.8 Å². The van der Waals surface area contributed by atoms with Crippen molar-refractivity contribution in [2.24, 2.45) is 11.1 Å². The number of halogens is 7. The van der Waals surface area contributed by atoms with Crippen molar-refractivity contribution in [3.8, 4) is 0 Å². The molecule has 0 aliphatic carbocycles. The SMILES string of the molecule is CC(C)(CO)[C@@H](N)c1cc(C(F)(F)F)cc(C(F)(F)F)c1.Cl. The maximum Gasteiger partial charge on any atom is 0.416 e. The number of aliphatic hydroxyl groups is 1. The fourth-order valence-corrected chi connectivity index (χ4v) is 1.71. The van der Waals surface area contributed by atoms with E-state index in [0.29, 0.717) is 12.1 Å². The van der Waals surface area contributed by atoms with Crippen molar-refractivity contribution >= 4 is 12.4 Å². The van der Waals surface area contributed by atoms with Gasteiger partial charge in [0.25, 0.3) is 0 Å². The second-order valence-corrected chi connectivity index (χ2v) is 5.46. The molecule has 0 amide bonds. The van der Waals surface area contributed by atoms with E-state index in [2.05, 4.69) is 0 Å². The molecule has 0 aliphatic rings. The van der Waals surface area contributed by atoms with Crippen LogP contribution in [-0.2, 0) is 12.4 Å². The molecule has 0 saturated heterocycles. The van der Waals surface area contributed by atoms with Crippen LogP contribution in [0, 0.1) is 5.41 Å². The lowest BCUT2D eigenvalue weighted by molar-refractivity contribution is -0.143. The molecule has 1 aromatic rings. The monoisotopic (exact) mass is 351 g/mol. The minimum atomic E-state index is -4.92. The van der Waals surface area contributed by atoms with Crippen LogP contribution in [0.15, 0.2) is 18.2 Å². The third-order valence-electron chi connectivity index (χ3n) is 3.22. The Morgan fingerprint density at radius 2 is 1.32 bits per heavy atom. The van der Waals surface area contributed by atoms with Crippen LogP contribution in [0.25, 0.3) is 0 Å². The molecule has 0 heterocycles. The Labute approximate surface area is 129 Å². The number of nitrogens with two attached hydrogens (primary N) is 1. The molecule has 22 heavy (non-hydrogen) atoms. The van der Waals surface area contributed by atoms with Crippen molar-refractivity contribution in [2.75, 3.05) is 6.61 Å². The highest BCUT2D eigenvalue weighted by Gasteiger charge is 2.38. The molecule has 9 heteroatoms. The van der Waals surface area contributed by atoms with E-state index in [1.807, 2.05) is 0 Å². The van der Waals surface area contributed by atoms with E-state index in [-0.39, 0.29) is 24.0 Å². The highest BCUT2D eigenvalue weighted by atomic mass is 35.5. The quantitative estimate of drug-likeness (QED) is 0.803. The first kappa shape index (κ1) is 21.0. The minimum Gasteiger partial charge on any atom is -0.396 e. The molecule has 0 fully saturated rings. The van der Waals surface area contributed by atoms with Crippen molar-refractivity contribution in [1.82, 2.24) is 0 Å². The third kappa shape index (κ3) is 4.76. The van der Waals surface area contributed by atoms with Crippen molar-refractivity contribution in [3.05, 3.63) is 34.9 Å². The molecule has 1 rings (SSSR count). The summed E-state index contributed by atoms with van der Waals surface area (Å²) in [6.45, 7) is 2.42. The first-order chi connectivity index (χ1) is 9.29. The van der Waals surface area contributed by atoms with Crippen LogP contribution in [-0.4, -0.2) is 11.7 Å². The normalized spacial score (nSPS) is 14.5. The molecule has 0 bridgehead atoms. The fourth-order valence-electron chi connectivity index (χ4n) is 1.71. The lowest BCUT2D eigenvalue weighted by Gasteiger charge is -2.30. The van der Waals surface area contributed by atoms with Crippen molar-refractivity contribution in [3.63, 3.8) is 0 Å². The third-order valence-corrected chi connectivity index (χ3v) is 3.22. The zero-order chi connectivity index (χ0) is 16.6. The molecule has 0 aromatic heterocycles. The first-order valence-corrected chi connectivity index (χ1v) is 5.95. The summed E-state index contributed by atoms with van der Waals surface area (Å²) in [5.74, 6) is 0. The van der Waals surface area contributed by atoms with Crippen molar-refractivity contribution < 1.29 is 31.4 Å². The lowest BCUT2D eigenvalue weighted by atomic mass is 9.81. The number of benzene rings is 1. The standard InChI is InChI=1S/C13H15F6NO.ClH/c1-11(2,6-21)10(20)7-3-8(12(14,15)16)5-9(4-7)13(17,18)19;/h3-5,10,21H,6,20H2,1-2H3;1H/t10-;/m0./s1. The van der Waals surface area contributed by atoms with Crippen LogP contribution >= 0.6 is 12.4 Å². The average molecular weight is 352 g/mol. The summed E-state index contributed by atoms with van der Waals surface area (Å²) < 4.78 is 76.3. The number of rotatable bonds is 3. The molecule has 0 unspecified atom stereocenters. The van der Waals surface area contributed by atoms with E-state index < -0.39 is 41.5 Å². The average Bonchev–Trinajstić information content (AvgIpc) is 2.35. The van der Waals surface area contributed by atoms with Gasteiger partial charge in [0.05, 0.1) is 11.1 Å². The summed E-state index contributed by atoms with van der Waals surface area (Å²) >= 11 is 0. The second kappa shape index (κ2) is 6.64. The molecule has 0 aliphatic heterocycles. The van der Waals surface area contributed by atoms with Gasteiger partial charge in [0.15, 0.2) is 0 Å². The van der Waals surface area contributed by atoms with Gasteiger partial charge in [-0.3, -0.25) is 0 Å². The van der Waals surface area contributed by atoms with E-state index in [1.54, 1.807) is 0 Å². The van der Waals surface area contributed by atoms with Crippen molar-refractivity contribution in [2.45, 2.75) is 32.2 Å². The first-order valence-electron chi connectivity index (χ1n) is 5.95. The molecular formula is C13H16ClF6NO. The molecule has 0 radical (unpaired) electrons. The van der Waals surface area contributed by atoms with Crippen molar-refractivity contribution in [1.29, 1.82) is 0 Å². The highest BCUT2D eigenvalue weighted by molar-refractivity contribution is 5.85. The predicted octanol–water partition coefficient (Wildman–Crippen LogP) is 4.16. The van der Waals surface area contributed by atoms with Gasteiger partial charge in [0, 0.05) is 18.1 Å². The molecular weight excluding hydrogens is 336 g/mol. The fraction of sp³-hybridized carbons (Fsp3) is 0.538. The van der Waals surface area contributed by atoms with Crippen LogP contribution in [0.3, 0.4) is 0 Å². The summed E-state index contributed by atoms with van der Waals surface area (Å²) in [5.41, 5.74) is 1.49. The Bertz CT molecular complexity index is 480. The maximum absolute atomic E-state index is 12.7. The van der Waals surface area contributed by atoms with E-state index in [4.69, 9.17) is 10.8 Å². The Morgan fingerprint density at radius 1 is 0.955 bits per heavy atom. The summed E-state index contributed by atoms with van der Waals surface area (Å²) in [4.78, 5) is 0. The Balaban J connectivity index is 0.00000441. The molecule has 128 valence electrons. The van der Waals surface area contributed by atoms with Crippen LogP contribution < -0.4 is 5.73 Å². The van der Waals surface area contributed by atoms with Crippen LogP contribution in [0.2, 0.25) is 0 Å². The van der Waals surface area contributed by atoms with Gasteiger partial charge in [-0.15, -0.1) is 12.4 Å². The summed E-state index contributed by atoms with van der Waals surface area (Å²) in [6, 6.07) is 0.0301. The van der Waals surface area contributed by atoms with E-state index in [1.165, 1.54) is 13.8 Å². The number of hydrogen-bond donors (Lipinski definition) is 2. The van der Waals surface area contributed by atoms with Gasteiger partial charge in [-0.1, -0.05) is 13.8 Å². The zero-order valence-corrected chi connectivity index (χ0v) is 12.5. The summed E-state index contributed by atoms with van der Waals surface area (Å²) in [5, 5.41) is 9.16. The maximum atomic E-state index is 12.7. The van der Waals surface area contributed by atoms with Crippen LogP contribution in [0.1, 0.15) is 36.6 Å². The van der Waals surface area contributed by atoms with Gasteiger partial charge in [-0.25, -0.2) is 0 Å². The largest absolute Gasteiger partial charge is 0.416 e. The molecule has 2 nitrogen and oxygen atoms in total. The minimum absolute atomic E-state index is 0. The van der Waals surface area contributed by atoms with Gasteiger partial charge in [-0.05, 0) is 23.8 Å².